The molecule has 9 nitrogen and oxygen atoms in total. The minimum Gasteiger partial charge on any atom is -0.483 e. The van der Waals surface area contributed by atoms with Gasteiger partial charge in [-0.2, -0.15) is 15.4 Å². The molecule has 168 valence electrons. The van der Waals surface area contributed by atoms with Gasteiger partial charge in [-0.15, -0.1) is 0 Å². The molecule has 0 unspecified atom stereocenters. The van der Waals surface area contributed by atoms with E-state index in [0.717, 1.165) is 49.5 Å². The second kappa shape index (κ2) is 9.32. The summed E-state index contributed by atoms with van der Waals surface area (Å²) in [6.07, 6.45) is 5.11. The number of nitrogens with one attached hydrogen (secondary N) is 1. The Hall–Kier alpha value is -2.52. The fourth-order valence-corrected chi connectivity index (χ4v) is 4.98. The maximum Gasteiger partial charge on any atom is 0.290 e. The predicted octanol–water partition coefficient (Wildman–Crippen LogP) is 1.87. The Kier molecular flexibility index (Phi) is 6.52. The van der Waals surface area contributed by atoms with E-state index in [0.29, 0.717) is 29.5 Å². The Morgan fingerprint density at radius 1 is 1.23 bits per heavy atom. The molecule has 2 N–H and O–H groups in total. The summed E-state index contributed by atoms with van der Waals surface area (Å²) in [6.45, 7) is 2.34. The fourth-order valence-electron chi connectivity index (χ4n) is 4.98. The summed E-state index contributed by atoms with van der Waals surface area (Å²) in [4.78, 5) is 25.8. The summed E-state index contributed by atoms with van der Waals surface area (Å²) in [5, 5.41) is 17.7. The van der Waals surface area contributed by atoms with Gasteiger partial charge in [-0.3, -0.25) is 9.59 Å². The molecule has 2 aliphatic carbocycles. The number of amides is 1. The van der Waals surface area contributed by atoms with Crippen molar-refractivity contribution in [3.8, 4) is 0 Å². The first-order valence-corrected chi connectivity index (χ1v) is 11.0. The topological polar surface area (TPSA) is 112 Å². The van der Waals surface area contributed by atoms with Gasteiger partial charge in [0.05, 0.1) is 6.10 Å². The van der Waals surface area contributed by atoms with Gasteiger partial charge >= 0.3 is 0 Å². The Bertz CT molecular complexity index is 912. The molecular weight excluding hydrogens is 398 g/mol. The molecule has 1 saturated heterocycles. The van der Waals surface area contributed by atoms with Crippen molar-refractivity contribution in [2.45, 2.75) is 37.8 Å². The van der Waals surface area contributed by atoms with Crippen LogP contribution in [0.2, 0.25) is 0 Å². The smallest absolute Gasteiger partial charge is 0.290 e. The first-order chi connectivity index (χ1) is 15.0. The van der Waals surface area contributed by atoms with Gasteiger partial charge in [-0.05, 0) is 75.7 Å². The molecule has 1 aromatic carbocycles. The average molecular weight is 430 g/mol. The highest BCUT2D eigenvalue weighted by molar-refractivity contribution is 5.97. The normalized spacial score (nSPS) is 27.6. The quantitative estimate of drug-likeness (QED) is 0.698. The van der Waals surface area contributed by atoms with Crippen LogP contribution in [0, 0.1) is 17.8 Å². The van der Waals surface area contributed by atoms with Gasteiger partial charge in [0.1, 0.15) is 11.0 Å². The van der Waals surface area contributed by atoms with Crippen molar-refractivity contribution in [1.82, 2.24) is 25.2 Å². The number of H-pyrrole nitrogens is 1. The van der Waals surface area contributed by atoms with Crippen LogP contribution in [-0.2, 0) is 9.53 Å². The molecule has 4 atom stereocenters. The zero-order valence-corrected chi connectivity index (χ0v) is 18.1. The van der Waals surface area contributed by atoms with Gasteiger partial charge in [0.2, 0.25) is 0 Å². The molecule has 2 aromatic rings. The first-order valence-electron chi connectivity index (χ1n) is 11.0. The van der Waals surface area contributed by atoms with Crippen molar-refractivity contribution in [2.24, 2.45) is 17.8 Å². The summed E-state index contributed by atoms with van der Waals surface area (Å²) in [5.41, 5.74) is 2.23. The maximum atomic E-state index is 13.1. The van der Waals surface area contributed by atoms with E-state index >= 15 is 0 Å². The van der Waals surface area contributed by atoms with Gasteiger partial charge in [0, 0.05) is 31.3 Å². The summed E-state index contributed by atoms with van der Waals surface area (Å²) in [6, 6.07) is 6.01. The van der Waals surface area contributed by atoms with Crippen LogP contribution in [0.4, 0.5) is 0 Å². The zero-order valence-electron chi connectivity index (χ0n) is 18.1. The third kappa shape index (κ3) is 4.88. The SMILES string of the molecule is CN(C)[C@@H]1C[C@@H]2CN(C(=O)c3ccc4n[nH]nc4c3)C[C@@H]2C[C@H]1OCC1CC1.O=CO. The van der Waals surface area contributed by atoms with Crippen molar-refractivity contribution < 1.29 is 19.4 Å². The Labute approximate surface area is 181 Å². The molecular formula is C22H31N5O4. The lowest BCUT2D eigenvalue weighted by Gasteiger charge is -2.41. The first kappa shape index (κ1) is 21.7. The van der Waals surface area contributed by atoms with E-state index in [9.17, 15) is 4.79 Å². The summed E-state index contributed by atoms with van der Waals surface area (Å²) >= 11 is 0. The number of carbonyl (C=O) groups is 2. The molecule has 1 amide bonds. The molecule has 2 heterocycles. The number of aromatic nitrogens is 3. The summed E-state index contributed by atoms with van der Waals surface area (Å²) in [5.74, 6) is 2.00. The van der Waals surface area contributed by atoms with E-state index in [2.05, 4.69) is 34.4 Å². The molecule has 0 spiro atoms. The molecule has 0 bridgehead atoms. The summed E-state index contributed by atoms with van der Waals surface area (Å²) in [7, 11) is 4.31. The van der Waals surface area contributed by atoms with E-state index in [1.165, 1.54) is 12.8 Å². The van der Waals surface area contributed by atoms with Crippen LogP contribution in [-0.4, -0.2) is 88.6 Å². The lowest BCUT2D eigenvalue weighted by Crippen LogP contribution is -2.48. The lowest BCUT2D eigenvalue weighted by atomic mass is 9.77. The number of rotatable bonds is 5. The fraction of sp³-hybridized carbons (Fsp3) is 0.636. The minimum atomic E-state index is -0.250. The molecule has 5 rings (SSSR count). The van der Waals surface area contributed by atoms with E-state index in [1.807, 2.05) is 23.1 Å². The number of likely N-dealkylation sites (N-methyl/N-ethyl adjacent to an activating group) is 1. The van der Waals surface area contributed by atoms with Crippen molar-refractivity contribution in [1.29, 1.82) is 0 Å². The van der Waals surface area contributed by atoms with E-state index < -0.39 is 0 Å². The van der Waals surface area contributed by atoms with E-state index in [-0.39, 0.29) is 12.4 Å². The number of aromatic amines is 1. The highest BCUT2D eigenvalue weighted by Crippen LogP contribution is 2.40. The zero-order chi connectivity index (χ0) is 22.0. The largest absolute Gasteiger partial charge is 0.483 e. The summed E-state index contributed by atoms with van der Waals surface area (Å²) < 4.78 is 6.34. The number of hydrogen-bond acceptors (Lipinski definition) is 6. The molecule has 9 heteroatoms. The van der Waals surface area contributed by atoms with Gasteiger partial charge in [0.25, 0.3) is 12.4 Å². The molecule has 2 saturated carbocycles. The third-order valence-corrected chi connectivity index (χ3v) is 6.84. The molecule has 3 fully saturated rings. The van der Waals surface area contributed by atoms with E-state index in [1.54, 1.807) is 0 Å². The molecule has 1 aromatic heterocycles. The highest BCUT2D eigenvalue weighted by Gasteiger charge is 2.45. The second-order valence-electron chi connectivity index (χ2n) is 9.18. The maximum absolute atomic E-state index is 13.1. The van der Waals surface area contributed by atoms with Crippen LogP contribution in [0.25, 0.3) is 11.0 Å². The van der Waals surface area contributed by atoms with Crippen molar-refractivity contribution >= 4 is 23.4 Å². The highest BCUT2D eigenvalue weighted by atomic mass is 16.5. The van der Waals surface area contributed by atoms with Crippen LogP contribution in [0.3, 0.4) is 0 Å². The number of benzene rings is 1. The number of carbonyl (C=O) groups excluding carboxylic acids is 1. The molecule has 3 aliphatic rings. The third-order valence-electron chi connectivity index (χ3n) is 6.84. The second-order valence-corrected chi connectivity index (χ2v) is 9.18. The van der Waals surface area contributed by atoms with Gasteiger partial charge in [-0.1, -0.05) is 0 Å². The van der Waals surface area contributed by atoms with Crippen molar-refractivity contribution in [3.63, 3.8) is 0 Å². The number of likely N-dealkylation sites (tertiary alicyclic amines) is 1. The lowest BCUT2D eigenvalue weighted by molar-refractivity contribution is -0.122. The number of fused-ring (bicyclic) bond motifs is 2. The standard InChI is InChI=1S/C21H29N5O2.CH2O2/c1-25(2)19-8-15-10-26(11-16(15)9-20(19)28-12-13-3-4-13)21(27)14-5-6-17-18(7-14)23-24-22-17;2-1-3/h5-7,13,15-16,19-20H,3-4,8-12H2,1-2H3,(H,22,23,24);1H,(H,2,3)/t15-,16+,19-,20-;/m1./s1. The number of nitrogens with zero attached hydrogens (tertiary/aromatic N) is 4. The Balaban J connectivity index is 0.000000730. The molecule has 0 radical (unpaired) electrons. The average Bonchev–Trinajstić information content (AvgIpc) is 3.30. The van der Waals surface area contributed by atoms with Gasteiger partial charge < -0.3 is 19.6 Å². The minimum absolute atomic E-state index is 0.108. The van der Waals surface area contributed by atoms with Crippen LogP contribution in [0.15, 0.2) is 18.2 Å². The molecule has 1 aliphatic heterocycles. The van der Waals surface area contributed by atoms with Crippen molar-refractivity contribution in [3.05, 3.63) is 23.8 Å². The van der Waals surface area contributed by atoms with E-state index in [4.69, 9.17) is 14.6 Å². The van der Waals surface area contributed by atoms with Crippen LogP contribution >= 0.6 is 0 Å². The Morgan fingerprint density at radius 3 is 2.58 bits per heavy atom. The van der Waals surface area contributed by atoms with Gasteiger partial charge in [-0.25, -0.2) is 0 Å². The molecule has 31 heavy (non-hydrogen) atoms. The van der Waals surface area contributed by atoms with Crippen LogP contribution < -0.4 is 0 Å². The van der Waals surface area contributed by atoms with Crippen LogP contribution in [0.5, 0.6) is 0 Å². The Morgan fingerprint density at radius 2 is 1.90 bits per heavy atom. The monoisotopic (exact) mass is 429 g/mol. The van der Waals surface area contributed by atoms with Crippen LogP contribution in [0.1, 0.15) is 36.0 Å². The number of ether oxygens (including phenoxy) is 1. The number of carboxylic acid groups (broad SMARTS) is 1. The van der Waals surface area contributed by atoms with Gasteiger partial charge in [0.15, 0.2) is 0 Å². The predicted molar refractivity (Wildman–Crippen MR) is 115 cm³/mol. The van der Waals surface area contributed by atoms with Crippen molar-refractivity contribution in [2.75, 3.05) is 33.8 Å². The number of hydrogen-bond donors (Lipinski definition) is 2.